The summed E-state index contributed by atoms with van der Waals surface area (Å²) in [6.07, 6.45) is 3.75. The van der Waals surface area contributed by atoms with Crippen molar-refractivity contribution >= 4 is 12.2 Å². The number of fused-ring (bicyclic) bond motifs is 1. The van der Waals surface area contributed by atoms with Crippen molar-refractivity contribution in [1.29, 1.82) is 0 Å². The molecule has 3 rings (SSSR count). The second-order valence-corrected chi connectivity index (χ2v) is 6.99. The molecule has 2 aromatic carbocycles. The van der Waals surface area contributed by atoms with Gasteiger partial charge >= 0.3 is 5.97 Å². The molecule has 27 heavy (non-hydrogen) atoms. The van der Waals surface area contributed by atoms with Crippen molar-refractivity contribution in [2.24, 2.45) is 11.1 Å². The van der Waals surface area contributed by atoms with Crippen molar-refractivity contribution in [3.8, 4) is 5.75 Å². The standard InChI is InChI=1S/C22H25NO4/c1-15-19(11-22(24)25)8-7-18-9-10-20(12-21(15)18)27-14-17-5-3-16(4-6-17)13-23-26-2/h3-6,9-10,12-13,15,19H,7-8,11,14H2,1-2H3,(H,24,25). The molecule has 1 N–H and O–H groups in total. The number of rotatable bonds is 7. The van der Waals surface area contributed by atoms with Crippen LogP contribution in [0.5, 0.6) is 5.75 Å². The van der Waals surface area contributed by atoms with Crippen molar-refractivity contribution in [3.05, 3.63) is 64.7 Å². The van der Waals surface area contributed by atoms with Crippen LogP contribution in [0.2, 0.25) is 0 Å². The van der Waals surface area contributed by atoms with Crippen molar-refractivity contribution < 1.29 is 19.5 Å². The van der Waals surface area contributed by atoms with Crippen LogP contribution in [0.1, 0.15) is 47.9 Å². The summed E-state index contributed by atoms with van der Waals surface area (Å²) in [4.78, 5) is 15.8. The maximum atomic E-state index is 11.1. The number of oxime groups is 1. The molecule has 1 aliphatic rings. The Bertz CT molecular complexity index is 814. The molecule has 2 aromatic rings. The van der Waals surface area contributed by atoms with Crippen molar-refractivity contribution in [2.45, 2.75) is 38.7 Å². The lowest BCUT2D eigenvalue weighted by molar-refractivity contribution is -0.138. The van der Waals surface area contributed by atoms with Crippen LogP contribution in [0, 0.1) is 5.92 Å². The van der Waals surface area contributed by atoms with E-state index in [4.69, 9.17) is 9.84 Å². The number of benzene rings is 2. The molecule has 0 aromatic heterocycles. The smallest absolute Gasteiger partial charge is 0.303 e. The van der Waals surface area contributed by atoms with Gasteiger partial charge in [-0.3, -0.25) is 4.79 Å². The second kappa shape index (κ2) is 8.71. The summed E-state index contributed by atoms with van der Waals surface area (Å²) in [5, 5.41) is 12.9. The van der Waals surface area contributed by atoms with Gasteiger partial charge < -0.3 is 14.7 Å². The number of carboxylic acids is 1. The van der Waals surface area contributed by atoms with Gasteiger partial charge in [-0.25, -0.2) is 0 Å². The molecule has 0 saturated heterocycles. The molecule has 0 fully saturated rings. The van der Waals surface area contributed by atoms with Gasteiger partial charge in [-0.15, -0.1) is 0 Å². The first-order valence-electron chi connectivity index (χ1n) is 9.19. The van der Waals surface area contributed by atoms with E-state index in [2.05, 4.69) is 29.0 Å². The van der Waals surface area contributed by atoms with Crippen LogP contribution in [0.3, 0.4) is 0 Å². The van der Waals surface area contributed by atoms with Crippen LogP contribution in [0.15, 0.2) is 47.6 Å². The lowest BCUT2D eigenvalue weighted by Crippen LogP contribution is -2.21. The Balaban J connectivity index is 1.66. The Morgan fingerprint density at radius 3 is 2.74 bits per heavy atom. The molecule has 142 valence electrons. The van der Waals surface area contributed by atoms with Gasteiger partial charge in [-0.05, 0) is 59.1 Å². The van der Waals surface area contributed by atoms with Crippen molar-refractivity contribution in [3.63, 3.8) is 0 Å². The number of ether oxygens (including phenoxy) is 1. The van der Waals surface area contributed by atoms with Gasteiger partial charge in [-0.2, -0.15) is 0 Å². The molecule has 2 atom stereocenters. The van der Waals surface area contributed by atoms with Crippen LogP contribution >= 0.6 is 0 Å². The number of carboxylic acid groups (broad SMARTS) is 1. The second-order valence-electron chi connectivity index (χ2n) is 6.99. The van der Waals surface area contributed by atoms with Gasteiger partial charge in [0.2, 0.25) is 0 Å². The van der Waals surface area contributed by atoms with E-state index in [0.29, 0.717) is 6.61 Å². The minimum Gasteiger partial charge on any atom is -0.489 e. The predicted octanol–water partition coefficient (Wildman–Crippen LogP) is 4.39. The first-order valence-corrected chi connectivity index (χ1v) is 9.19. The van der Waals surface area contributed by atoms with E-state index in [0.717, 1.165) is 29.7 Å². The predicted molar refractivity (Wildman–Crippen MR) is 104 cm³/mol. The first-order chi connectivity index (χ1) is 13.1. The summed E-state index contributed by atoms with van der Waals surface area (Å²) >= 11 is 0. The summed E-state index contributed by atoms with van der Waals surface area (Å²) in [7, 11) is 1.52. The lowest BCUT2D eigenvalue weighted by Gasteiger charge is -2.30. The summed E-state index contributed by atoms with van der Waals surface area (Å²) in [5.74, 6) is 0.516. The molecule has 0 bridgehead atoms. The summed E-state index contributed by atoms with van der Waals surface area (Å²) in [6.45, 7) is 2.60. The Kier molecular flexibility index (Phi) is 6.12. The summed E-state index contributed by atoms with van der Waals surface area (Å²) < 4.78 is 5.97. The van der Waals surface area contributed by atoms with Gasteiger partial charge in [0.15, 0.2) is 0 Å². The van der Waals surface area contributed by atoms with Gasteiger partial charge in [0.1, 0.15) is 19.5 Å². The largest absolute Gasteiger partial charge is 0.489 e. The fourth-order valence-electron chi connectivity index (χ4n) is 3.64. The van der Waals surface area contributed by atoms with Crippen LogP contribution in [-0.2, 0) is 22.7 Å². The Morgan fingerprint density at radius 1 is 1.26 bits per heavy atom. The highest BCUT2D eigenvalue weighted by Crippen LogP contribution is 2.39. The first kappa shape index (κ1) is 19.0. The third kappa shape index (κ3) is 4.88. The van der Waals surface area contributed by atoms with Gasteiger partial charge in [0.25, 0.3) is 0 Å². The Hall–Kier alpha value is -2.82. The van der Waals surface area contributed by atoms with Crippen molar-refractivity contribution in [2.75, 3.05) is 7.11 Å². The topological polar surface area (TPSA) is 68.1 Å². The van der Waals surface area contributed by atoms with Crippen LogP contribution < -0.4 is 4.74 Å². The zero-order chi connectivity index (χ0) is 19.2. The van der Waals surface area contributed by atoms with E-state index in [1.54, 1.807) is 6.21 Å². The molecular weight excluding hydrogens is 342 g/mol. The van der Waals surface area contributed by atoms with Crippen LogP contribution in [0.25, 0.3) is 0 Å². The molecule has 0 heterocycles. The highest BCUT2D eigenvalue weighted by molar-refractivity contribution is 5.79. The maximum absolute atomic E-state index is 11.1. The quantitative estimate of drug-likeness (QED) is 0.582. The third-order valence-electron chi connectivity index (χ3n) is 5.23. The number of nitrogens with zero attached hydrogens (tertiary/aromatic N) is 1. The van der Waals surface area contributed by atoms with Gasteiger partial charge in [0.05, 0.1) is 6.21 Å². The lowest BCUT2D eigenvalue weighted by atomic mass is 9.74. The molecule has 5 heteroatoms. The van der Waals surface area contributed by atoms with E-state index in [-0.39, 0.29) is 18.3 Å². The highest BCUT2D eigenvalue weighted by Gasteiger charge is 2.28. The SMILES string of the molecule is CON=Cc1ccc(COc2ccc3c(c2)C(C)C(CC(=O)O)CC3)cc1. The van der Waals surface area contributed by atoms with Crippen LogP contribution in [-0.4, -0.2) is 24.4 Å². The Labute approximate surface area is 159 Å². The average molecular weight is 367 g/mol. The number of hydrogen-bond donors (Lipinski definition) is 1. The van der Waals surface area contributed by atoms with Gasteiger partial charge in [0, 0.05) is 6.42 Å². The summed E-state index contributed by atoms with van der Waals surface area (Å²) in [6, 6.07) is 14.1. The zero-order valence-corrected chi connectivity index (χ0v) is 15.7. The van der Waals surface area contributed by atoms with Crippen LogP contribution in [0.4, 0.5) is 0 Å². The Morgan fingerprint density at radius 2 is 2.04 bits per heavy atom. The monoisotopic (exact) mass is 367 g/mol. The normalized spacial score (nSPS) is 18.9. The van der Waals surface area contributed by atoms with E-state index in [1.807, 2.05) is 30.3 Å². The minimum absolute atomic E-state index is 0.187. The number of hydrogen-bond acceptors (Lipinski definition) is 4. The number of aryl methyl sites for hydroxylation is 1. The highest BCUT2D eigenvalue weighted by atomic mass is 16.6. The molecule has 1 aliphatic carbocycles. The number of aliphatic carboxylic acids is 1. The molecular formula is C22H25NO4. The molecule has 0 aliphatic heterocycles. The number of carbonyl (C=O) groups is 1. The van der Waals surface area contributed by atoms with E-state index >= 15 is 0 Å². The molecule has 0 radical (unpaired) electrons. The molecule has 0 amide bonds. The van der Waals surface area contributed by atoms with Gasteiger partial charge in [-0.1, -0.05) is 42.4 Å². The van der Waals surface area contributed by atoms with Crippen molar-refractivity contribution in [1.82, 2.24) is 0 Å². The zero-order valence-electron chi connectivity index (χ0n) is 15.7. The molecule has 2 unspecified atom stereocenters. The molecule has 5 nitrogen and oxygen atoms in total. The molecule has 0 spiro atoms. The summed E-state index contributed by atoms with van der Waals surface area (Å²) in [5.41, 5.74) is 4.56. The van der Waals surface area contributed by atoms with E-state index in [1.165, 1.54) is 18.2 Å². The van der Waals surface area contributed by atoms with E-state index < -0.39 is 5.97 Å². The third-order valence-corrected chi connectivity index (χ3v) is 5.23. The fraction of sp³-hybridized carbons (Fsp3) is 0.364. The fourth-order valence-corrected chi connectivity index (χ4v) is 3.64. The average Bonchev–Trinajstić information content (AvgIpc) is 2.67. The molecule has 0 saturated carbocycles. The van der Waals surface area contributed by atoms with E-state index in [9.17, 15) is 4.79 Å². The maximum Gasteiger partial charge on any atom is 0.303 e. The minimum atomic E-state index is -0.721.